The number of amidine groups is 1. The van der Waals surface area contributed by atoms with Gasteiger partial charge in [0.25, 0.3) is 0 Å². The van der Waals surface area contributed by atoms with Gasteiger partial charge in [-0.1, -0.05) is 35.0 Å². The molecule has 1 amide bonds. The van der Waals surface area contributed by atoms with Gasteiger partial charge in [-0.2, -0.15) is 0 Å². The van der Waals surface area contributed by atoms with Crippen LogP contribution in [0.4, 0.5) is 0 Å². The molecule has 1 rings (SSSR count). The Kier molecular flexibility index (Phi) is 5.29. The molecule has 0 saturated heterocycles. The number of carbonyl (C=O) groups excluding carboxylic acids is 1. The van der Waals surface area contributed by atoms with Gasteiger partial charge in [-0.25, -0.2) is 0 Å². The van der Waals surface area contributed by atoms with E-state index in [2.05, 4.69) is 10.5 Å². The van der Waals surface area contributed by atoms with Crippen molar-refractivity contribution in [3.8, 4) is 0 Å². The fraction of sp³-hybridized carbons (Fsp3) is 0.273. The van der Waals surface area contributed by atoms with E-state index >= 15 is 0 Å². The van der Waals surface area contributed by atoms with Crippen molar-refractivity contribution < 1.29 is 10.0 Å². The molecule has 92 valence electrons. The van der Waals surface area contributed by atoms with E-state index in [0.29, 0.717) is 18.0 Å². The van der Waals surface area contributed by atoms with Crippen molar-refractivity contribution in [2.45, 2.75) is 12.8 Å². The van der Waals surface area contributed by atoms with Crippen LogP contribution in [0.5, 0.6) is 0 Å². The minimum atomic E-state index is -0.149. The second-order valence-corrected chi connectivity index (χ2v) is 3.87. The lowest BCUT2D eigenvalue weighted by atomic mass is 10.1. The van der Waals surface area contributed by atoms with Crippen LogP contribution in [0.1, 0.15) is 12.0 Å². The number of nitrogens with zero attached hydrogens (tertiary/aromatic N) is 1. The average Bonchev–Trinajstić information content (AvgIpc) is 2.32. The van der Waals surface area contributed by atoms with Crippen molar-refractivity contribution in [1.82, 2.24) is 5.32 Å². The Morgan fingerprint density at radius 3 is 2.82 bits per heavy atom. The van der Waals surface area contributed by atoms with Crippen LogP contribution in [0.15, 0.2) is 29.4 Å². The first-order chi connectivity index (χ1) is 8.13. The number of nitrogens with one attached hydrogen (secondary N) is 1. The van der Waals surface area contributed by atoms with E-state index < -0.39 is 0 Å². The molecular formula is C11H14ClN3O2. The van der Waals surface area contributed by atoms with Crippen molar-refractivity contribution in [3.63, 3.8) is 0 Å². The van der Waals surface area contributed by atoms with Gasteiger partial charge in [0.2, 0.25) is 5.91 Å². The van der Waals surface area contributed by atoms with Gasteiger partial charge in [0.15, 0.2) is 0 Å². The number of oxime groups is 1. The molecule has 0 saturated carbocycles. The maximum absolute atomic E-state index is 11.5. The van der Waals surface area contributed by atoms with Gasteiger partial charge >= 0.3 is 0 Å². The van der Waals surface area contributed by atoms with Crippen molar-refractivity contribution in [3.05, 3.63) is 34.9 Å². The first kappa shape index (κ1) is 13.3. The minimum absolute atomic E-state index is 0.0862. The Bertz CT molecular complexity index is 421. The summed E-state index contributed by atoms with van der Waals surface area (Å²) in [7, 11) is 0. The first-order valence-electron chi connectivity index (χ1n) is 5.10. The van der Waals surface area contributed by atoms with E-state index in [9.17, 15) is 4.79 Å². The van der Waals surface area contributed by atoms with Crippen LogP contribution in [-0.4, -0.2) is 23.5 Å². The summed E-state index contributed by atoms with van der Waals surface area (Å²) in [5.41, 5.74) is 6.04. The van der Waals surface area contributed by atoms with Crippen LogP contribution in [0.3, 0.4) is 0 Å². The van der Waals surface area contributed by atoms with Crippen LogP contribution < -0.4 is 11.1 Å². The molecule has 0 aliphatic rings. The fourth-order valence-electron chi connectivity index (χ4n) is 1.26. The molecule has 4 N–H and O–H groups in total. The highest BCUT2D eigenvalue weighted by Gasteiger charge is 2.06. The molecule has 1 aromatic rings. The fourth-order valence-corrected chi connectivity index (χ4v) is 1.46. The molecule has 0 fully saturated rings. The number of hydrogen-bond acceptors (Lipinski definition) is 3. The molecule has 6 heteroatoms. The molecule has 0 spiro atoms. The highest BCUT2D eigenvalue weighted by molar-refractivity contribution is 6.31. The van der Waals surface area contributed by atoms with Crippen LogP contribution in [0, 0.1) is 0 Å². The van der Waals surface area contributed by atoms with Gasteiger partial charge in [0.05, 0.1) is 6.42 Å². The Hall–Kier alpha value is -1.75. The smallest absolute Gasteiger partial charge is 0.224 e. The molecular weight excluding hydrogens is 242 g/mol. The third-order valence-electron chi connectivity index (χ3n) is 2.14. The summed E-state index contributed by atoms with van der Waals surface area (Å²) in [6, 6.07) is 7.17. The third kappa shape index (κ3) is 4.74. The van der Waals surface area contributed by atoms with E-state index in [4.69, 9.17) is 22.5 Å². The normalized spacial score (nSPS) is 11.2. The third-order valence-corrected chi connectivity index (χ3v) is 2.51. The van der Waals surface area contributed by atoms with Gasteiger partial charge in [0, 0.05) is 18.0 Å². The zero-order valence-electron chi connectivity index (χ0n) is 9.19. The van der Waals surface area contributed by atoms with E-state index in [1.807, 2.05) is 12.1 Å². The molecule has 17 heavy (non-hydrogen) atoms. The monoisotopic (exact) mass is 255 g/mol. The topological polar surface area (TPSA) is 87.7 Å². The second-order valence-electron chi connectivity index (χ2n) is 3.46. The summed E-state index contributed by atoms with van der Waals surface area (Å²) < 4.78 is 0. The Labute approximate surface area is 104 Å². The van der Waals surface area contributed by atoms with Crippen LogP contribution in [0.2, 0.25) is 5.02 Å². The van der Waals surface area contributed by atoms with Gasteiger partial charge in [0.1, 0.15) is 5.84 Å². The minimum Gasteiger partial charge on any atom is -0.409 e. The average molecular weight is 256 g/mol. The quantitative estimate of drug-likeness (QED) is 0.319. The van der Waals surface area contributed by atoms with Crippen molar-refractivity contribution in [1.29, 1.82) is 0 Å². The zero-order valence-corrected chi connectivity index (χ0v) is 9.94. The number of halogens is 1. The molecule has 0 radical (unpaired) electrons. The first-order valence-corrected chi connectivity index (χ1v) is 5.47. The van der Waals surface area contributed by atoms with E-state index in [-0.39, 0.29) is 18.2 Å². The number of nitrogens with two attached hydrogens (primary N) is 1. The molecule has 0 unspecified atom stereocenters. The molecule has 0 aromatic heterocycles. The van der Waals surface area contributed by atoms with Gasteiger partial charge in [-0.05, 0) is 11.6 Å². The Balaban J connectivity index is 2.38. The van der Waals surface area contributed by atoms with E-state index in [1.54, 1.807) is 12.1 Å². The number of amides is 1. The van der Waals surface area contributed by atoms with Crippen molar-refractivity contribution >= 4 is 23.3 Å². The van der Waals surface area contributed by atoms with Gasteiger partial charge < -0.3 is 16.3 Å². The molecule has 1 aromatic carbocycles. The van der Waals surface area contributed by atoms with Gasteiger partial charge in [-0.3, -0.25) is 4.79 Å². The van der Waals surface area contributed by atoms with Crippen molar-refractivity contribution in [2.75, 3.05) is 6.54 Å². The number of carbonyl (C=O) groups is 1. The van der Waals surface area contributed by atoms with Crippen LogP contribution in [-0.2, 0) is 11.2 Å². The lowest BCUT2D eigenvalue weighted by Crippen LogP contribution is -2.29. The van der Waals surface area contributed by atoms with E-state index in [0.717, 1.165) is 5.56 Å². The highest BCUT2D eigenvalue weighted by Crippen LogP contribution is 2.14. The summed E-state index contributed by atoms with van der Waals surface area (Å²) in [6.45, 7) is 0.333. The molecule has 0 bridgehead atoms. The van der Waals surface area contributed by atoms with E-state index in [1.165, 1.54) is 0 Å². The highest BCUT2D eigenvalue weighted by atomic mass is 35.5. The molecule has 5 nitrogen and oxygen atoms in total. The van der Waals surface area contributed by atoms with Crippen LogP contribution in [0.25, 0.3) is 0 Å². The summed E-state index contributed by atoms with van der Waals surface area (Å²) in [6.07, 6.45) is 0.528. The second kappa shape index (κ2) is 6.75. The molecule has 0 aliphatic heterocycles. The lowest BCUT2D eigenvalue weighted by molar-refractivity contribution is -0.120. The maximum atomic E-state index is 11.5. The predicted molar refractivity (Wildman–Crippen MR) is 66.2 cm³/mol. The van der Waals surface area contributed by atoms with Crippen molar-refractivity contribution in [2.24, 2.45) is 10.9 Å². The Morgan fingerprint density at radius 2 is 2.18 bits per heavy atom. The number of benzene rings is 1. The Morgan fingerprint density at radius 1 is 1.47 bits per heavy atom. The lowest BCUT2D eigenvalue weighted by Gasteiger charge is -2.05. The summed E-state index contributed by atoms with van der Waals surface area (Å²) in [4.78, 5) is 11.5. The molecule has 0 atom stereocenters. The predicted octanol–water partition coefficient (Wildman–Crippen LogP) is 1.14. The molecule has 0 aliphatic carbocycles. The van der Waals surface area contributed by atoms with Gasteiger partial charge in [-0.15, -0.1) is 0 Å². The number of rotatable bonds is 5. The molecule has 0 heterocycles. The van der Waals surface area contributed by atoms with Crippen LogP contribution >= 0.6 is 11.6 Å². The standard InChI is InChI=1S/C11H14ClN3O2/c12-9-4-2-1-3-8(9)7-11(16)14-6-5-10(13)15-17/h1-4,17H,5-7H2,(H2,13,15)(H,14,16). The largest absolute Gasteiger partial charge is 0.409 e. The zero-order chi connectivity index (χ0) is 12.7. The SMILES string of the molecule is NC(CCNC(=O)Cc1ccccc1Cl)=NO. The summed E-state index contributed by atoms with van der Waals surface area (Å²) in [5.74, 6) is -0.0631. The summed E-state index contributed by atoms with van der Waals surface area (Å²) >= 11 is 5.92. The maximum Gasteiger partial charge on any atom is 0.224 e. The number of hydrogen-bond donors (Lipinski definition) is 3. The summed E-state index contributed by atoms with van der Waals surface area (Å²) in [5, 5.41) is 14.3.